The average molecular weight is 262 g/mol. The Labute approximate surface area is 112 Å². The van der Waals surface area contributed by atoms with E-state index >= 15 is 0 Å². The average Bonchev–Trinajstić information content (AvgIpc) is 2.94. The van der Waals surface area contributed by atoms with Crippen molar-refractivity contribution in [3.63, 3.8) is 0 Å². The molecule has 0 radical (unpaired) electrons. The predicted octanol–water partition coefficient (Wildman–Crippen LogP) is 1.10. The third kappa shape index (κ3) is 2.75. The molecule has 2 rings (SSSR count). The van der Waals surface area contributed by atoms with Crippen LogP contribution in [-0.2, 0) is 16.0 Å². The van der Waals surface area contributed by atoms with E-state index in [1.54, 1.807) is 6.20 Å². The zero-order valence-corrected chi connectivity index (χ0v) is 11.1. The van der Waals surface area contributed by atoms with Crippen molar-refractivity contribution in [2.75, 3.05) is 6.54 Å². The Morgan fingerprint density at radius 1 is 1.37 bits per heavy atom. The first kappa shape index (κ1) is 13.5. The van der Waals surface area contributed by atoms with Crippen LogP contribution in [0, 0.1) is 17.3 Å². The fourth-order valence-corrected chi connectivity index (χ4v) is 2.56. The highest BCUT2D eigenvalue weighted by molar-refractivity contribution is 5.91. The lowest BCUT2D eigenvalue weighted by molar-refractivity contribution is -0.140. The molecular weight excluding hydrogens is 244 g/mol. The summed E-state index contributed by atoms with van der Waals surface area (Å²) in [5, 5.41) is 11.8. The first-order valence-electron chi connectivity index (χ1n) is 6.35. The van der Waals surface area contributed by atoms with Crippen LogP contribution in [0.1, 0.15) is 19.5 Å². The van der Waals surface area contributed by atoms with Crippen molar-refractivity contribution in [1.29, 1.82) is 0 Å². The summed E-state index contributed by atoms with van der Waals surface area (Å²) < 4.78 is 0. The van der Waals surface area contributed by atoms with Crippen molar-refractivity contribution in [1.82, 2.24) is 10.3 Å². The lowest BCUT2D eigenvalue weighted by atomic mass is 10.1. The quantitative estimate of drug-likeness (QED) is 0.832. The van der Waals surface area contributed by atoms with Crippen molar-refractivity contribution >= 4 is 11.9 Å². The van der Waals surface area contributed by atoms with E-state index in [1.165, 1.54) is 0 Å². The molecule has 1 aliphatic carbocycles. The number of carboxylic acids is 1. The van der Waals surface area contributed by atoms with Gasteiger partial charge in [0, 0.05) is 24.9 Å². The topological polar surface area (TPSA) is 79.3 Å². The van der Waals surface area contributed by atoms with Crippen LogP contribution >= 0.6 is 0 Å². The molecule has 1 heterocycles. The van der Waals surface area contributed by atoms with Crippen LogP contribution < -0.4 is 5.32 Å². The summed E-state index contributed by atoms with van der Waals surface area (Å²) in [7, 11) is 0. The van der Waals surface area contributed by atoms with E-state index in [1.807, 2.05) is 32.0 Å². The zero-order valence-electron chi connectivity index (χ0n) is 11.1. The van der Waals surface area contributed by atoms with Gasteiger partial charge in [-0.3, -0.25) is 14.6 Å². The Morgan fingerprint density at radius 2 is 2.11 bits per heavy atom. The van der Waals surface area contributed by atoms with E-state index in [0.717, 1.165) is 5.69 Å². The van der Waals surface area contributed by atoms with Gasteiger partial charge in [0.2, 0.25) is 5.91 Å². The van der Waals surface area contributed by atoms with Gasteiger partial charge >= 0.3 is 5.97 Å². The molecular formula is C14H18N2O3. The smallest absolute Gasteiger partial charge is 0.307 e. The second kappa shape index (κ2) is 4.99. The molecule has 1 saturated carbocycles. The molecule has 19 heavy (non-hydrogen) atoms. The minimum Gasteiger partial charge on any atom is -0.481 e. The van der Waals surface area contributed by atoms with Gasteiger partial charge in [0.25, 0.3) is 0 Å². The summed E-state index contributed by atoms with van der Waals surface area (Å²) in [6.07, 6.45) is 2.36. The monoisotopic (exact) mass is 262 g/mol. The zero-order chi connectivity index (χ0) is 14.0. The highest BCUT2D eigenvalue weighted by Gasteiger charge is 2.65. The number of aliphatic carboxylic acids is 1. The largest absolute Gasteiger partial charge is 0.481 e. The van der Waals surface area contributed by atoms with Crippen molar-refractivity contribution < 1.29 is 14.7 Å². The fraction of sp³-hybridized carbons (Fsp3) is 0.500. The highest BCUT2D eigenvalue weighted by Crippen LogP contribution is 2.58. The number of nitrogens with one attached hydrogen (secondary N) is 1. The number of carbonyl (C=O) groups is 2. The summed E-state index contributed by atoms with van der Waals surface area (Å²) in [5.41, 5.74) is 0.466. The van der Waals surface area contributed by atoms with E-state index in [-0.39, 0.29) is 5.91 Å². The van der Waals surface area contributed by atoms with Gasteiger partial charge in [0.15, 0.2) is 0 Å². The number of aromatic nitrogens is 1. The maximum Gasteiger partial charge on any atom is 0.307 e. The summed E-state index contributed by atoms with van der Waals surface area (Å²) in [5.74, 6) is -2.06. The lowest BCUT2D eigenvalue weighted by Crippen LogP contribution is -2.29. The Hall–Kier alpha value is -1.91. The van der Waals surface area contributed by atoms with Gasteiger partial charge in [0.1, 0.15) is 0 Å². The third-order valence-corrected chi connectivity index (χ3v) is 3.78. The highest BCUT2D eigenvalue weighted by atomic mass is 16.4. The summed E-state index contributed by atoms with van der Waals surface area (Å²) in [4.78, 5) is 27.1. The first-order chi connectivity index (χ1) is 8.94. The van der Waals surface area contributed by atoms with Crippen LogP contribution in [0.2, 0.25) is 0 Å². The molecule has 0 bridgehead atoms. The molecule has 5 heteroatoms. The molecule has 102 valence electrons. The Balaban J connectivity index is 1.82. The van der Waals surface area contributed by atoms with E-state index < -0.39 is 23.2 Å². The summed E-state index contributed by atoms with van der Waals surface area (Å²) >= 11 is 0. The standard InChI is InChI=1S/C14H18N2O3/c1-14(2)10(11(14)13(18)19)12(17)16-8-6-9-5-3-4-7-15-9/h3-5,7,10-11H,6,8H2,1-2H3,(H,16,17)(H,18,19). The molecule has 1 aromatic heterocycles. The molecule has 1 aromatic rings. The number of carbonyl (C=O) groups excluding carboxylic acids is 1. The van der Waals surface area contributed by atoms with E-state index in [4.69, 9.17) is 5.11 Å². The van der Waals surface area contributed by atoms with Crippen LogP contribution in [-0.4, -0.2) is 28.5 Å². The van der Waals surface area contributed by atoms with E-state index in [0.29, 0.717) is 13.0 Å². The second-order valence-electron chi connectivity index (χ2n) is 5.48. The van der Waals surface area contributed by atoms with Gasteiger partial charge in [0.05, 0.1) is 11.8 Å². The second-order valence-corrected chi connectivity index (χ2v) is 5.48. The molecule has 0 aliphatic heterocycles. The molecule has 1 amide bonds. The van der Waals surface area contributed by atoms with Crippen LogP contribution in [0.15, 0.2) is 24.4 Å². The number of hydrogen-bond acceptors (Lipinski definition) is 3. The van der Waals surface area contributed by atoms with E-state index in [2.05, 4.69) is 10.3 Å². The molecule has 5 nitrogen and oxygen atoms in total. The number of hydrogen-bond donors (Lipinski definition) is 2. The third-order valence-electron chi connectivity index (χ3n) is 3.78. The van der Waals surface area contributed by atoms with Crippen molar-refractivity contribution in [3.05, 3.63) is 30.1 Å². The van der Waals surface area contributed by atoms with Gasteiger partial charge in [-0.15, -0.1) is 0 Å². The maximum atomic E-state index is 11.9. The Bertz CT molecular complexity index is 485. The van der Waals surface area contributed by atoms with Gasteiger partial charge in [-0.1, -0.05) is 19.9 Å². The van der Waals surface area contributed by atoms with Gasteiger partial charge < -0.3 is 10.4 Å². The normalized spacial score (nSPS) is 23.7. The van der Waals surface area contributed by atoms with E-state index in [9.17, 15) is 9.59 Å². The molecule has 0 spiro atoms. The minimum atomic E-state index is -0.894. The Kier molecular flexibility index (Phi) is 3.55. The van der Waals surface area contributed by atoms with Gasteiger partial charge in [-0.2, -0.15) is 0 Å². The first-order valence-corrected chi connectivity index (χ1v) is 6.35. The van der Waals surface area contributed by atoms with Crippen LogP contribution in [0.4, 0.5) is 0 Å². The fourth-order valence-electron chi connectivity index (χ4n) is 2.56. The number of amides is 1. The number of nitrogens with zero attached hydrogens (tertiary/aromatic N) is 1. The summed E-state index contributed by atoms with van der Waals surface area (Å²) in [6, 6.07) is 5.63. The van der Waals surface area contributed by atoms with Crippen molar-refractivity contribution in [3.8, 4) is 0 Å². The molecule has 2 unspecified atom stereocenters. The van der Waals surface area contributed by atoms with Crippen LogP contribution in [0.25, 0.3) is 0 Å². The lowest BCUT2D eigenvalue weighted by Gasteiger charge is -2.05. The van der Waals surface area contributed by atoms with Crippen molar-refractivity contribution in [2.45, 2.75) is 20.3 Å². The number of carboxylic acid groups (broad SMARTS) is 1. The SMILES string of the molecule is CC1(C)C(C(=O)O)C1C(=O)NCCc1ccccn1. The maximum absolute atomic E-state index is 11.9. The molecule has 0 saturated heterocycles. The molecule has 2 N–H and O–H groups in total. The minimum absolute atomic E-state index is 0.173. The summed E-state index contributed by atoms with van der Waals surface area (Å²) in [6.45, 7) is 4.11. The molecule has 1 aliphatic rings. The van der Waals surface area contributed by atoms with Crippen molar-refractivity contribution in [2.24, 2.45) is 17.3 Å². The predicted molar refractivity (Wildman–Crippen MR) is 69.3 cm³/mol. The molecule has 0 aromatic carbocycles. The molecule has 2 atom stereocenters. The molecule has 1 fully saturated rings. The van der Waals surface area contributed by atoms with Gasteiger partial charge in [-0.25, -0.2) is 0 Å². The van der Waals surface area contributed by atoms with Gasteiger partial charge in [-0.05, 0) is 17.5 Å². The van der Waals surface area contributed by atoms with Crippen LogP contribution in [0.3, 0.4) is 0 Å². The number of rotatable bonds is 5. The van der Waals surface area contributed by atoms with Crippen LogP contribution in [0.5, 0.6) is 0 Å². The Morgan fingerprint density at radius 3 is 2.63 bits per heavy atom. The number of pyridine rings is 1.